The summed E-state index contributed by atoms with van der Waals surface area (Å²) in [6.07, 6.45) is 7.03. The lowest BCUT2D eigenvalue weighted by Crippen LogP contribution is -2.58. The third-order valence-electron chi connectivity index (χ3n) is 5.98. The van der Waals surface area contributed by atoms with Crippen molar-refractivity contribution in [1.29, 1.82) is 0 Å². The molecule has 4 saturated carbocycles. The van der Waals surface area contributed by atoms with E-state index in [4.69, 9.17) is 4.52 Å². The molecule has 0 saturated heterocycles. The molecule has 4 fully saturated rings. The van der Waals surface area contributed by atoms with Crippen LogP contribution in [0.5, 0.6) is 0 Å². The summed E-state index contributed by atoms with van der Waals surface area (Å²) in [5.41, 5.74) is 0.520. The lowest BCUT2D eigenvalue weighted by atomic mass is 9.40. The van der Waals surface area contributed by atoms with Crippen molar-refractivity contribution < 1.29 is 9.32 Å². The number of rotatable bonds is 2. The molecule has 21 heavy (non-hydrogen) atoms. The Morgan fingerprint density at radius 1 is 1.24 bits per heavy atom. The van der Waals surface area contributed by atoms with E-state index in [1.807, 2.05) is 6.92 Å². The summed E-state index contributed by atoms with van der Waals surface area (Å²) in [5.74, 6) is 2.18. The van der Waals surface area contributed by atoms with Gasteiger partial charge in [-0.25, -0.2) is 0 Å². The number of aryl methyl sites for hydroxylation is 1. The van der Waals surface area contributed by atoms with E-state index < -0.39 is 0 Å². The van der Waals surface area contributed by atoms with E-state index in [2.05, 4.69) is 24.3 Å². The zero-order valence-electron chi connectivity index (χ0n) is 13.2. The standard InChI is InChI=1S/C17H24N2O2/c1-11-4-13(19-21-11)18-14(20)17-7-12-5-15(2,9-17)8-16(3,6-12)10-17/h4,12H,5-10H2,1-3H3,(H,18,19,20)/t12?,15-,16-,17?/m0/s1. The Labute approximate surface area is 125 Å². The molecule has 5 rings (SSSR count). The van der Waals surface area contributed by atoms with Crippen LogP contribution < -0.4 is 5.32 Å². The van der Waals surface area contributed by atoms with Gasteiger partial charge >= 0.3 is 0 Å². The maximum atomic E-state index is 13.0. The van der Waals surface area contributed by atoms with E-state index in [1.165, 1.54) is 19.3 Å². The predicted molar refractivity (Wildman–Crippen MR) is 79.7 cm³/mol. The number of hydrogen-bond donors (Lipinski definition) is 1. The minimum absolute atomic E-state index is 0.164. The molecule has 1 aromatic rings. The summed E-state index contributed by atoms with van der Waals surface area (Å²) in [6, 6.07) is 1.79. The summed E-state index contributed by atoms with van der Waals surface area (Å²) in [6.45, 7) is 6.62. The van der Waals surface area contributed by atoms with Crippen LogP contribution in [0.15, 0.2) is 10.6 Å². The van der Waals surface area contributed by atoms with Crippen molar-refractivity contribution >= 4 is 11.7 Å². The average molecular weight is 288 g/mol. The molecule has 4 heteroatoms. The molecule has 2 atom stereocenters. The fourth-order valence-electron chi connectivity index (χ4n) is 6.38. The maximum absolute atomic E-state index is 13.0. The van der Waals surface area contributed by atoms with Gasteiger partial charge in [0.25, 0.3) is 0 Å². The van der Waals surface area contributed by atoms with Crippen molar-refractivity contribution in [3.63, 3.8) is 0 Å². The van der Waals surface area contributed by atoms with Crippen LogP contribution >= 0.6 is 0 Å². The quantitative estimate of drug-likeness (QED) is 0.897. The molecular weight excluding hydrogens is 264 g/mol. The number of carbonyl (C=O) groups is 1. The van der Waals surface area contributed by atoms with Crippen molar-refractivity contribution in [2.45, 2.75) is 59.3 Å². The second-order valence-electron chi connectivity index (χ2n) is 8.69. The average Bonchev–Trinajstić information content (AvgIpc) is 2.69. The molecule has 0 radical (unpaired) electrons. The van der Waals surface area contributed by atoms with Crippen molar-refractivity contribution in [1.82, 2.24) is 5.16 Å². The molecule has 4 aliphatic carbocycles. The van der Waals surface area contributed by atoms with Gasteiger partial charge in [0.2, 0.25) is 5.91 Å². The monoisotopic (exact) mass is 288 g/mol. The number of carbonyl (C=O) groups excluding carboxylic acids is 1. The molecule has 4 aliphatic rings. The molecule has 114 valence electrons. The molecule has 4 nitrogen and oxygen atoms in total. The fourth-order valence-corrected chi connectivity index (χ4v) is 6.38. The van der Waals surface area contributed by atoms with Crippen molar-refractivity contribution in [2.75, 3.05) is 5.32 Å². The van der Waals surface area contributed by atoms with Crippen LogP contribution in [0.1, 0.15) is 58.1 Å². The fraction of sp³-hybridized carbons (Fsp3) is 0.765. The number of nitrogens with one attached hydrogen (secondary N) is 1. The van der Waals surface area contributed by atoms with Gasteiger partial charge in [-0.05, 0) is 62.2 Å². The molecule has 1 N–H and O–H groups in total. The van der Waals surface area contributed by atoms with Crippen LogP contribution in [0.25, 0.3) is 0 Å². The first kappa shape index (κ1) is 13.4. The minimum atomic E-state index is -0.185. The molecule has 1 amide bonds. The van der Waals surface area contributed by atoms with Gasteiger partial charge in [0, 0.05) is 6.07 Å². The number of amides is 1. The van der Waals surface area contributed by atoms with E-state index in [-0.39, 0.29) is 11.3 Å². The van der Waals surface area contributed by atoms with Crippen LogP contribution in [0.2, 0.25) is 0 Å². The first-order valence-corrected chi connectivity index (χ1v) is 8.05. The molecule has 1 aromatic heterocycles. The van der Waals surface area contributed by atoms with Gasteiger partial charge in [-0.3, -0.25) is 4.79 Å². The number of anilines is 1. The Morgan fingerprint density at radius 3 is 2.43 bits per heavy atom. The molecule has 0 unspecified atom stereocenters. The second kappa shape index (κ2) is 3.90. The van der Waals surface area contributed by atoms with Gasteiger partial charge in [0.1, 0.15) is 5.76 Å². The molecule has 1 heterocycles. The minimum Gasteiger partial charge on any atom is -0.360 e. The third-order valence-corrected chi connectivity index (χ3v) is 5.98. The van der Waals surface area contributed by atoms with E-state index >= 15 is 0 Å². The first-order valence-electron chi connectivity index (χ1n) is 8.05. The van der Waals surface area contributed by atoms with Gasteiger partial charge in [0.05, 0.1) is 5.41 Å². The van der Waals surface area contributed by atoms with E-state index in [9.17, 15) is 4.79 Å². The summed E-state index contributed by atoms with van der Waals surface area (Å²) >= 11 is 0. The molecule has 0 spiro atoms. The molecular formula is C17H24N2O2. The van der Waals surface area contributed by atoms with Gasteiger partial charge in [-0.2, -0.15) is 0 Å². The largest absolute Gasteiger partial charge is 0.360 e. The number of hydrogen-bond acceptors (Lipinski definition) is 3. The topological polar surface area (TPSA) is 55.1 Å². The van der Waals surface area contributed by atoms with E-state index in [0.717, 1.165) is 30.9 Å². The molecule has 0 aliphatic heterocycles. The summed E-state index contributed by atoms with van der Waals surface area (Å²) in [7, 11) is 0. The Bertz CT molecular complexity index is 588. The highest BCUT2D eigenvalue weighted by molar-refractivity contribution is 5.95. The highest BCUT2D eigenvalue weighted by Crippen LogP contribution is 2.69. The highest BCUT2D eigenvalue weighted by atomic mass is 16.5. The van der Waals surface area contributed by atoms with Crippen LogP contribution in [0.4, 0.5) is 5.82 Å². The Balaban J connectivity index is 1.63. The van der Waals surface area contributed by atoms with Crippen LogP contribution in [-0.2, 0) is 4.79 Å². The normalized spacial score (nSPS) is 44.0. The molecule has 0 aromatic carbocycles. The smallest absolute Gasteiger partial charge is 0.231 e. The second-order valence-corrected chi connectivity index (χ2v) is 8.69. The Hall–Kier alpha value is -1.32. The highest BCUT2D eigenvalue weighted by Gasteiger charge is 2.62. The maximum Gasteiger partial charge on any atom is 0.231 e. The first-order chi connectivity index (χ1) is 9.80. The van der Waals surface area contributed by atoms with Gasteiger partial charge < -0.3 is 9.84 Å². The van der Waals surface area contributed by atoms with Crippen molar-refractivity contribution in [3.8, 4) is 0 Å². The van der Waals surface area contributed by atoms with Crippen LogP contribution in [0, 0.1) is 29.1 Å². The van der Waals surface area contributed by atoms with Crippen LogP contribution in [0.3, 0.4) is 0 Å². The Kier molecular flexibility index (Phi) is 2.48. The zero-order chi connectivity index (χ0) is 14.9. The third kappa shape index (κ3) is 2.02. The Morgan fingerprint density at radius 2 is 1.90 bits per heavy atom. The summed E-state index contributed by atoms with van der Waals surface area (Å²) < 4.78 is 5.06. The lowest BCUT2D eigenvalue weighted by molar-refractivity contribution is -0.165. The van der Waals surface area contributed by atoms with E-state index in [0.29, 0.717) is 16.6 Å². The SMILES string of the molecule is Cc1cc(NC(=O)C23CC4C[C@](C)(C2)C[C@](C)(C4)C3)no1. The van der Waals surface area contributed by atoms with Gasteiger partial charge in [-0.15, -0.1) is 0 Å². The summed E-state index contributed by atoms with van der Waals surface area (Å²) in [4.78, 5) is 13.0. The van der Waals surface area contributed by atoms with Gasteiger partial charge in [0.15, 0.2) is 5.82 Å². The molecule has 4 bridgehead atoms. The lowest BCUT2D eigenvalue weighted by Gasteiger charge is -2.64. The number of aromatic nitrogens is 1. The zero-order valence-corrected chi connectivity index (χ0v) is 13.2. The van der Waals surface area contributed by atoms with Crippen molar-refractivity contribution in [2.24, 2.45) is 22.2 Å². The number of nitrogens with zero attached hydrogens (tertiary/aromatic N) is 1. The van der Waals surface area contributed by atoms with Crippen LogP contribution in [-0.4, -0.2) is 11.1 Å². The summed E-state index contributed by atoms with van der Waals surface area (Å²) in [5, 5.41) is 6.92. The van der Waals surface area contributed by atoms with E-state index in [1.54, 1.807) is 6.07 Å². The van der Waals surface area contributed by atoms with Crippen molar-refractivity contribution in [3.05, 3.63) is 11.8 Å². The predicted octanol–water partition coefficient (Wildman–Crippen LogP) is 3.92. The van der Waals surface area contributed by atoms with Gasteiger partial charge in [-0.1, -0.05) is 19.0 Å².